The summed E-state index contributed by atoms with van der Waals surface area (Å²) < 4.78 is 60.8. The van der Waals surface area contributed by atoms with Gasteiger partial charge in [-0.2, -0.15) is 0 Å². The first-order valence-electron chi connectivity index (χ1n) is 4.15. The number of rotatable bonds is 4. The van der Waals surface area contributed by atoms with Crippen LogP contribution in [-0.2, 0) is 10.0 Å². The number of nitrogen functional groups attached to an aromatic ring is 1. The summed E-state index contributed by atoms with van der Waals surface area (Å²) in [5, 5.41) is 0. The third-order valence-corrected chi connectivity index (χ3v) is 3.03. The smallest absolute Gasteiger partial charge is 0.251 e. The minimum absolute atomic E-state index is 0.0996. The molecule has 16 heavy (non-hydrogen) atoms. The zero-order valence-corrected chi connectivity index (χ0v) is 8.77. The van der Waals surface area contributed by atoms with Crippen molar-refractivity contribution in [2.24, 2.45) is 0 Å². The molecule has 0 saturated carbocycles. The van der Waals surface area contributed by atoms with E-state index in [-0.39, 0.29) is 5.69 Å². The van der Waals surface area contributed by atoms with E-state index in [2.05, 4.69) is 0 Å². The van der Waals surface area contributed by atoms with Crippen molar-refractivity contribution >= 4 is 15.7 Å². The van der Waals surface area contributed by atoms with Crippen LogP contribution in [0.2, 0.25) is 0 Å². The lowest BCUT2D eigenvalue weighted by atomic mass is 10.3. The molecule has 0 radical (unpaired) electrons. The summed E-state index contributed by atoms with van der Waals surface area (Å²) in [5.74, 6) is -0.850. The van der Waals surface area contributed by atoms with Gasteiger partial charge in [0.1, 0.15) is 5.82 Å². The van der Waals surface area contributed by atoms with Gasteiger partial charge >= 0.3 is 0 Å². The lowest BCUT2D eigenvalue weighted by Crippen LogP contribution is -2.28. The summed E-state index contributed by atoms with van der Waals surface area (Å²) >= 11 is 0. The first-order chi connectivity index (χ1) is 7.31. The average Bonchev–Trinajstić information content (AvgIpc) is 2.13. The van der Waals surface area contributed by atoms with E-state index >= 15 is 0 Å². The van der Waals surface area contributed by atoms with Crippen LogP contribution >= 0.6 is 0 Å². The molecule has 1 aromatic rings. The van der Waals surface area contributed by atoms with E-state index in [9.17, 15) is 21.6 Å². The van der Waals surface area contributed by atoms with E-state index in [1.54, 1.807) is 4.72 Å². The van der Waals surface area contributed by atoms with Crippen molar-refractivity contribution in [2.45, 2.75) is 11.3 Å². The molecular formula is C8H9F3N2O2S. The topological polar surface area (TPSA) is 72.2 Å². The fourth-order valence-corrected chi connectivity index (χ4v) is 2.07. The largest absolute Gasteiger partial charge is 0.399 e. The van der Waals surface area contributed by atoms with Gasteiger partial charge in [-0.15, -0.1) is 0 Å². The number of hydrogen-bond donors (Lipinski definition) is 2. The van der Waals surface area contributed by atoms with Crippen LogP contribution in [0.15, 0.2) is 23.1 Å². The number of sulfonamides is 1. The summed E-state index contributed by atoms with van der Waals surface area (Å²) in [6, 6.07) is 2.60. The van der Waals surface area contributed by atoms with Gasteiger partial charge in [0.25, 0.3) is 6.43 Å². The van der Waals surface area contributed by atoms with Crippen molar-refractivity contribution in [2.75, 3.05) is 12.3 Å². The van der Waals surface area contributed by atoms with Crippen LogP contribution in [0.25, 0.3) is 0 Å². The Labute approximate surface area is 90.3 Å². The molecule has 0 bridgehead atoms. The van der Waals surface area contributed by atoms with Crippen molar-refractivity contribution in [1.29, 1.82) is 0 Å². The van der Waals surface area contributed by atoms with E-state index in [0.29, 0.717) is 6.07 Å². The second-order valence-electron chi connectivity index (χ2n) is 2.96. The normalized spacial score (nSPS) is 12.0. The van der Waals surface area contributed by atoms with Crippen molar-refractivity contribution in [3.63, 3.8) is 0 Å². The molecule has 0 aliphatic heterocycles. The Morgan fingerprint density at radius 2 is 1.94 bits per heavy atom. The molecule has 0 unspecified atom stereocenters. The van der Waals surface area contributed by atoms with Gasteiger partial charge in [-0.3, -0.25) is 0 Å². The van der Waals surface area contributed by atoms with Crippen LogP contribution in [0, 0.1) is 5.82 Å². The third-order valence-electron chi connectivity index (χ3n) is 1.63. The quantitative estimate of drug-likeness (QED) is 0.786. The van der Waals surface area contributed by atoms with Gasteiger partial charge in [0.15, 0.2) is 0 Å². The summed E-state index contributed by atoms with van der Waals surface area (Å²) in [6.45, 7) is -1.03. The molecule has 1 aromatic carbocycles. The Hall–Kier alpha value is -1.28. The van der Waals surface area contributed by atoms with Gasteiger partial charge in [0.2, 0.25) is 10.0 Å². The molecule has 0 aliphatic rings. The second kappa shape index (κ2) is 4.71. The SMILES string of the molecule is Nc1cc(F)cc(S(=O)(=O)NCC(F)F)c1. The Bertz CT molecular complexity index is 456. The number of nitrogens with two attached hydrogens (primary N) is 1. The molecule has 0 aromatic heterocycles. The summed E-state index contributed by atoms with van der Waals surface area (Å²) in [5.41, 5.74) is 5.13. The third kappa shape index (κ3) is 3.38. The van der Waals surface area contributed by atoms with Crippen molar-refractivity contribution in [3.05, 3.63) is 24.0 Å². The van der Waals surface area contributed by atoms with Crippen LogP contribution in [0.4, 0.5) is 18.9 Å². The highest BCUT2D eigenvalue weighted by Crippen LogP contribution is 2.15. The molecule has 0 amide bonds. The highest BCUT2D eigenvalue weighted by Gasteiger charge is 2.17. The highest BCUT2D eigenvalue weighted by atomic mass is 32.2. The average molecular weight is 254 g/mol. The van der Waals surface area contributed by atoms with E-state index in [1.807, 2.05) is 0 Å². The van der Waals surface area contributed by atoms with E-state index in [1.165, 1.54) is 0 Å². The van der Waals surface area contributed by atoms with E-state index in [4.69, 9.17) is 5.73 Å². The second-order valence-corrected chi connectivity index (χ2v) is 4.73. The molecule has 0 aliphatic carbocycles. The number of anilines is 1. The Morgan fingerprint density at radius 3 is 2.44 bits per heavy atom. The molecule has 0 saturated heterocycles. The maximum atomic E-state index is 12.8. The molecule has 0 fully saturated rings. The molecular weight excluding hydrogens is 245 g/mol. The fraction of sp³-hybridized carbons (Fsp3) is 0.250. The van der Waals surface area contributed by atoms with Crippen LogP contribution in [0.3, 0.4) is 0 Å². The maximum absolute atomic E-state index is 12.8. The zero-order valence-electron chi connectivity index (χ0n) is 7.95. The highest BCUT2D eigenvalue weighted by molar-refractivity contribution is 7.89. The number of hydrogen-bond acceptors (Lipinski definition) is 3. The van der Waals surface area contributed by atoms with Gasteiger partial charge in [0, 0.05) is 5.69 Å². The molecule has 0 atom stereocenters. The first-order valence-corrected chi connectivity index (χ1v) is 5.63. The predicted molar refractivity (Wildman–Crippen MR) is 52.0 cm³/mol. The molecule has 4 nitrogen and oxygen atoms in total. The summed E-state index contributed by atoms with van der Waals surface area (Å²) in [7, 11) is -4.15. The van der Waals surface area contributed by atoms with Crippen LogP contribution in [-0.4, -0.2) is 21.4 Å². The predicted octanol–water partition coefficient (Wildman–Crippen LogP) is 0.951. The van der Waals surface area contributed by atoms with Gasteiger partial charge in [-0.1, -0.05) is 0 Å². The number of nitrogens with one attached hydrogen (secondary N) is 1. The minimum atomic E-state index is -4.15. The Kier molecular flexibility index (Phi) is 3.76. The number of benzene rings is 1. The first kappa shape index (κ1) is 12.8. The summed E-state index contributed by atoms with van der Waals surface area (Å²) in [6.07, 6.45) is -2.82. The Balaban J connectivity index is 2.98. The Morgan fingerprint density at radius 1 is 1.31 bits per heavy atom. The summed E-state index contributed by atoms with van der Waals surface area (Å²) in [4.78, 5) is -0.481. The molecule has 0 spiro atoms. The molecule has 8 heteroatoms. The van der Waals surface area contributed by atoms with Gasteiger partial charge < -0.3 is 5.73 Å². The molecule has 90 valence electrons. The van der Waals surface area contributed by atoms with Gasteiger partial charge in [0.05, 0.1) is 11.4 Å². The zero-order chi connectivity index (χ0) is 12.3. The minimum Gasteiger partial charge on any atom is -0.399 e. The van der Waals surface area contributed by atoms with Crippen molar-refractivity contribution in [3.8, 4) is 0 Å². The monoisotopic (exact) mass is 254 g/mol. The lowest BCUT2D eigenvalue weighted by Gasteiger charge is -2.06. The van der Waals surface area contributed by atoms with Gasteiger partial charge in [-0.25, -0.2) is 26.3 Å². The lowest BCUT2D eigenvalue weighted by molar-refractivity contribution is 0.153. The van der Waals surface area contributed by atoms with Crippen molar-refractivity contribution in [1.82, 2.24) is 4.72 Å². The maximum Gasteiger partial charge on any atom is 0.251 e. The van der Waals surface area contributed by atoms with Crippen LogP contribution < -0.4 is 10.5 Å². The van der Waals surface area contributed by atoms with Gasteiger partial charge in [-0.05, 0) is 18.2 Å². The number of alkyl halides is 2. The van der Waals surface area contributed by atoms with Crippen LogP contribution in [0.5, 0.6) is 0 Å². The van der Waals surface area contributed by atoms with E-state index in [0.717, 1.165) is 12.1 Å². The molecule has 0 heterocycles. The van der Waals surface area contributed by atoms with Crippen LogP contribution in [0.1, 0.15) is 0 Å². The van der Waals surface area contributed by atoms with Crippen molar-refractivity contribution < 1.29 is 21.6 Å². The number of halogens is 3. The molecule has 1 rings (SSSR count). The van der Waals surface area contributed by atoms with E-state index < -0.39 is 33.7 Å². The fourth-order valence-electron chi connectivity index (χ4n) is 0.996. The molecule has 3 N–H and O–H groups in total. The standard InChI is InChI=1S/C8H9F3N2O2S/c9-5-1-6(12)3-7(2-5)16(14,15)13-4-8(10)11/h1-3,8,13H,4,12H2.